The molecule has 0 radical (unpaired) electrons. The molecule has 110 valence electrons. The summed E-state index contributed by atoms with van der Waals surface area (Å²) in [6.45, 7) is 0. The van der Waals surface area contributed by atoms with Gasteiger partial charge in [-0.2, -0.15) is 0 Å². The Morgan fingerprint density at radius 3 is 2.67 bits per heavy atom. The van der Waals surface area contributed by atoms with E-state index in [0.717, 1.165) is 0 Å². The summed E-state index contributed by atoms with van der Waals surface area (Å²) < 4.78 is 17.5. The van der Waals surface area contributed by atoms with Gasteiger partial charge in [-0.1, -0.05) is 18.2 Å². The Kier molecular flexibility index (Phi) is 4.54. The molecule has 0 bridgehead atoms. The molecule has 0 aliphatic rings. The van der Waals surface area contributed by atoms with Crippen molar-refractivity contribution < 1.29 is 13.9 Å². The van der Waals surface area contributed by atoms with Gasteiger partial charge in [0.05, 0.1) is 33.5 Å². The first kappa shape index (κ1) is 15.0. The molecule has 2 rings (SSSR count). The summed E-state index contributed by atoms with van der Waals surface area (Å²) in [7, 11) is 0.00616. The van der Waals surface area contributed by atoms with Crippen LogP contribution in [0.1, 0.15) is 5.56 Å². The van der Waals surface area contributed by atoms with Crippen molar-refractivity contribution in [1.82, 2.24) is 0 Å². The van der Waals surface area contributed by atoms with Crippen LogP contribution < -0.4 is 10.5 Å². The number of methoxy groups -OCH3 is 1. The highest BCUT2D eigenvalue weighted by Crippen LogP contribution is 2.27. The highest BCUT2D eigenvalue weighted by atomic mass is 32.2. The molecule has 21 heavy (non-hydrogen) atoms. The van der Waals surface area contributed by atoms with E-state index in [9.17, 15) is 14.3 Å². The van der Waals surface area contributed by atoms with Crippen LogP contribution in [0.3, 0.4) is 0 Å². The van der Waals surface area contributed by atoms with Crippen LogP contribution in [-0.4, -0.2) is 16.2 Å². The largest absolute Gasteiger partial charge is 0.497 e. The first-order valence-electron chi connectivity index (χ1n) is 6.07. The zero-order chi connectivity index (χ0) is 15.4. The minimum Gasteiger partial charge on any atom is -0.497 e. The number of para-hydroxylation sites is 1. The molecule has 0 aliphatic carbocycles. The van der Waals surface area contributed by atoms with Crippen LogP contribution in [-0.2, 0) is 16.6 Å². The smallest absolute Gasteiger partial charge is 0.273 e. The van der Waals surface area contributed by atoms with Gasteiger partial charge >= 0.3 is 0 Å². The van der Waals surface area contributed by atoms with Gasteiger partial charge in [0.1, 0.15) is 5.75 Å². The maximum absolute atomic E-state index is 12.4. The molecular formula is C14H14N2O4S. The van der Waals surface area contributed by atoms with Crippen LogP contribution in [0.25, 0.3) is 0 Å². The van der Waals surface area contributed by atoms with E-state index < -0.39 is 15.7 Å². The number of anilines is 1. The molecule has 0 heterocycles. The van der Waals surface area contributed by atoms with Gasteiger partial charge in [-0.3, -0.25) is 14.3 Å². The monoisotopic (exact) mass is 306 g/mol. The number of nitrogen functional groups attached to an aromatic ring is 1. The predicted molar refractivity (Wildman–Crippen MR) is 80.6 cm³/mol. The van der Waals surface area contributed by atoms with Gasteiger partial charge in [0, 0.05) is 17.3 Å². The average Bonchev–Trinajstić information content (AvgIpc) is 2.48. The Balaban J connectivity index is 2.33. The van der Waals surface area contributed by atoms with Crippen molar-refractivity contribution in [3.63, 3.8) is 0 Å². The van der Waals surface area contributed by atoms with Crippen molar-refractivity contribution >= 4 is 22.2 Å². The summed E-state index contributed by atoms with van der Waals surface area (Å²) in [6.07, 6.45) is 0. The summed E-state index contributed by atoms with van der Waals surface area (Å²) in [5, 5.41) is 11.0. The second-order valence-corrected chi connectivity index (χ2v) is 5.70. The summed E-state index contributed by atoms with van der Waals surface area (Å²) in [4.78, 5) is 10.9. The van der Waals surface area contributed by atoms with Crippen molar-refractivity contribution in [2.75, 3.05) is 12.8 Å². The number of rotatable bonds is 5. The SMILES string of the molecule is COc1ccc(N)c(S(=O)Cc2ccccc2[N+](=O)[O-])c1. The first-order valence-corrected chi connectivity index (χ1v) is 7.39. The fourth-order valence-corrected chi connectivity index (χ4v) is 3.13. The van der Waals surface area contributed by atoms with Crippen LogP contribution in [0.5, 0.6) is 5.75 Å². The zero-order valence-electron chi connectivity index (χ0n) is 11.3. The van der Waals surface area contributed by atoms with Gasteiger partial charge in [-0.05, 0) is 18.2 Å². The summed E-state index contributed by atoms with van der Waals surface area (Å²) in [6, 6.07) is 11.1. The minimum absolute atomic E-state index is 0.0223. The van der Waals surface area contributed by atoms with Gasteiger partial charge < -0.3 is 10.5 Å². The number of ether oxygens (including phenoxy) is 1. The minimum atomic E-state index is -1.49. The standard InChI is InChI=1S/C14H14N2O4S/c1-20-11-6-7-12(15)14(8-11)21(19)9-10-4-2-3-5-13(10)16(17)18/h2-8H,9,15H2,1H3. The van der Waals surface area contributed by atoms with Crippen LogP contribution >= 0.6 is 0 Å². The second kappa shape index (κ2) is 6.36. The van der Waals surface area contributed by atoms with E-state index in [1.54, 1.807) is 36.4 Å². The lowest BCUT2D eigenvalue weighted by atomic mass is 10.2. The molecule has 0 aromatic heterocycles. The zero-order valence-corrected chi connectivity index (χ0v) is 12.1. The van der Waals surface area contributed by atoms with Crippen molar-refractivity contribution in [1.29, 1.82) is 0 Å². The predicted octanol–water partition coefficient (Wildman–Crippen LogP) is 2.49. The fraction of sp³-hybridized carbons (Fsp3) is 0.143. The molecule has 2 aromatic carbocycles. The Morgan fingerprint density at radius 2 is 2.00 bits per heavy atom. The third-order valence-electron chi connectivity index (χ3n) is 2.94. The third-order valence-corrected chi connectivity index (χ3v) is 4.36. The van der Waals surface area contributed by atoms with Gasteiger partial charge in [-0.15, -0.1) is 0 Å². The topological polar surface area (TPSA) is 95.5 Å². The number of nitrogens with zero attached hydrogens (tertiary/aromatic N) is 1. The second-order valence-electron chi connectivity index (χ2n) is 4.28. The maximum Gasteiger partial charge on any atom is 0.273 e. The van der Waals surface area contributed by atoms with E-state index in [2.05, 4.69) is 0 Å². The molecule has 0 saturated carbocycles. The molecule has 0 aliphatic heterocycles. The number of nitrogens with two attached hydrogens (primary N) is 1. The highest BCUT2D eigenvalue weighted by molar-refractivity contribution is 7.84. The molecule has 1 atom stereocenters. The summed E-state index contributed by atoms with van der Waals surface area (Å²) in [5.41, 5.74) is 6.54. The number of nitro benzene ring substituents is 1. The van der Waals surface area contributed by atoms with Gasteiger partial charge in [0.25, 0.3) is 5.69 Å². The number of hydrogen-bond acceptors (Lipinski definition) is 5. The average molecular weight is 306 g/mol. The molecule has 6 nitrogen and oxygen atoms in total. The van der Waals surface area contributed by atoms with Crippen LogP contribution in [0.4, 0.5) is 11.4 Å². The molecular weight excluding hydrogens is 292 g/mol. The normalized spacial score (nSPS) is 11.9. The lowest BCUT2D eigenvalue weighted by molar-refractivity contribution is -0.385. The van der Waals surface area contributed by atoms with E-state index in [0.29, 0.717) is 21.9 Å². The number of nitro groups is 1. The van der Waals surface area contributed by atoms with E-state index in [-0.39, 0.29) is 11.4 Å². The first-order chi connectivity index (χ1) is 10.0. The molecule has 0 spiro atoms. The fourth-order valence-electron chi connectivity index (χ4n) is 1.87. The Bertz CT molecular complexity index is 703. The van der Waals surface area contributed by atoms with Gasteiger partial charge in [-0.25, -0.2) is 0 Å². The summed E-state index contributed by atoms with van der Waals surface area (Å²) >= 11 is 0. The Morgan fingerprint density at radius 1 is 1.29 bits per heavy atom. The van der Waals surface area contributed by atoms with Crippen molar-refractivity contribution in [2.24, 2.45) is 0 Å². The van der Waals surface area contributed by atoms with Gasteiger partial charge in [0.15, 0.2) is 0 Å². The Labute approximate surface area is 124 Å². The quantitative estimate of drug-likeness (QED) is 0.520. The van der Waals surface area contributed by atoms with E-state index in [1.165, 1.54) is 13.2 Å². The lowest BCUT2D eigenvalue weighted by Gasteiger charge is -2.08. The van der Waals surface area contributed by atoms with Crippen molar-refractivity contribution in [3.8, 4) is 5.75 Å². The molecule has 7 heteroatoms. The maximum atomic E-state index is 12.4. The highest BCUT2D eigenvalue weighted by Gasteiger charge is 2.17. The van der Waals surface area contributed by atoms with E-state index in [4.69, 9.17) is 10.5 Å². The molecule has 0 amide bonds. The number of hydrogen-bond donors (Lipinski definition) is 1. The van der Waals surface area contributed by atoms with Crippen molar-refractivity contribution in [3.05, 3.63) is 58.1 Å². The molecule has 2 N–H and O–H groups in total. The van der Waals surface area contributed by atoms with E-state index in [1.807, 2.05) is 0 Å². The van der Waals surface area contributed by atoms with E-state index >= 15 is 0 Å². The molecule has 1 unspecified atom stereocenters. The van der Waals surface area contributed by atoms with Crippen LogP contribution in [0.15, 0.2) is 47.4 Å². The summed E-state index contributed by atoms with van der Waals surface area (Å²) in [5.74, 6) is 0.559. The number of benzene rings is 2. The molecule has 2 aromatic rings. The van der Waals surface area contributed by atoms with Gasteiger partial charge in [0.2, 0.25) is 0 Å². The van der Waals surface area contributed by atoms with Crippen LogP contribution in [0, 0.1) is 10.1 Å². The van der Waals surface area contributed by atoms with Crippen LogP contribution in [0.2, 0.25) is 0 Å². The Hall–Kier alpha value is -2.41. The van der Waals surface area contributed by atoms with Crippen molar-refractivity contribution in [2.45, 2.75) is 10.6 Å². The molecule has 0 saturated heterocycles. The lowest BCUT2D eigenvalue weighted by Crippen LogP contribution is -2.03. The molecule has 0 fully saturated rings. The third kappa shape index (κ3) is 3.38.